The van der Waals surface area contributed by atoms with Gasteiger partial charge in [-0.15, -0.1) is 10.0 Å². The molecule has 8 heteroatoms. The molecule has 0 fully saturated rings. The Kier molecular flexibility index (Phi) is 3.89. The van der Waals surface area contributed by atoms with Gasteiger partial charge in [-0.1, -0.05) is 0 Å². The lowest BCUT2D eigenvalue weighted by molar-refractivity contribution is -0.712. The lowest BCUT2D eigenvalue weighted by Crippen LogP contribution is -2.45. The van der Waals surface area contributed by atoms with Gasteiger partial charge in [0, 0.05) is 0 Å². The van der Waals surface area contributed by atoms with Crippen molar-refractivity contribution in [3.05, 3.63) is 20.2 Å². The molecule has 0 atom stereocenters. The summed E-state index contributed by atoms with van der Waals surface area (Å²) in [6, 6.07) is -0.377. The van der Waals surface area contributed by atoms with E-state index in [0.717, 1.165) is 5.01 Å². The van der Waals surface area contributed by atoms with Crippen molar-refractivity contribution in [3.63, 3.8) is 0 Å². The van der Waals surface area contributed by atoms with E-state index in [9.17, 15) is 20.2 Å². The molecule has 0 rings (SSSR count). The topological polar surface area (TPSA) is 92.8 Å². The van der Waals surface area contributed by atoms with Crippen LogP contribution in [-0.4, -0.2) is 39.8 Å². The van der Waals surface area contributed by atoms with Crippen molar-refractivity contribution in [1.82, 2.24) is 10.0 Å². The van der Waals surface area contributed by atoms with Gasteiger partial charge in [0.2, 0.25) is 6.67 Å². The summed E-state index contributed by atoms with van der Waals surface area (Å²) in [5.41, 5.74) is 0. The molecule has 0 spiro atoms. The molecule has 0 radical (unpaired) electrons. The van der Waals surface area contributed by atoms with E-state index in [1.807, 2.05) is 0 Å². The third-order valence-electron chi connectivity index (χ3n) is 1.43. The standard InChI is InChI=1S/C5H12N4O4/c1-5(2)7(9(12)13)4-6(3)8(10)11/h5H,4H2,1-3H3. The molecule has 0 unspecified atom stereocenters. The highest BCUT2D eigenvalue weighted by atomic mass is 16.7. The Morgan fingerprint density at radius 1 is 1.23 bits per heavy atom. The molecule has 8 nitrogen and oxygen atoms in total. The van der Waals surface area contributed by atoms with Gasteiger partial charge >= 0.3 is 0 Å². The van der Waals surface area contributed by atoms with Crippen molar-refractivity contribution in [3.8, 4) is 0 Å². The van der Waals surface area contributed by atoms with Gasteiger partial charge < -0.3 is 0 Å². The van der Waals surface area contributed by atoms with Crippen molar-refractivity contribution in [1.29, 1.82) is 0 Å². The molecule has 0 saturated carbocycles. The van der Waals surface area contributed by atoms with E-state index in [2.05, 4.69) is 0 Å². The average Bonchev–Trinajstić information content (AvgIpc) is 1.97. The largest absolute Gasteiger partial charge is 0.235 e. The minimum atomic E-state index is -0.696. The maximum absolute atomic E-state index is 10.4. The SMILES string of the molecule is CC(C)N(CN(C)[N+](=O)[O-])[N+](=O)[O-]. The predicted molar refractivity (Wildman–Crippen MR) is 43.6 cm³/mol. The van der Waals surface area contributed by atoms with E-state index in [-0.39, 0.29) is 12.7 Å². The summed E-state index contributed by atoms with van der Waals surface area (Å²) in [6.07, 6.45) is 0. The van der Waals surface area contributed by atoms with Crippen LogP contribution in [0.1, 0.15) is 13.8 Å². The lowest BCUT2D eigenvalue weighted by Gasteiger charge is -2.19. The second-order valence-electron chi connectivity index (χ2n) is 2.81. The average molecular weight is 192 g/mol. The van der Waals surface area contributed by atoms with Crippen LogP contribution in [0.3, 0.4) is 0 Å². The fourth-order valence-corrected chi connectivity index (χ4v) is 0.665. The lowest BCUT2D eigenvalue weighted by atomic mass is 10.4. The van der Waals surface area contributed by atoms with Crippen LogP contribution < -0.4 is 0 Å². The van der Waals surface area contributed by atoms with Crippen molar-refractivity contribution < 1.29 is 10.1 Å². The number of nitro groups is 2. The van der Waals surface area contributed by atoms with Gasteiger partial charge in [0.15, 0.2) is 10.1 Å². The normalized spacial score (nSPS) is 9.85. The summed E-state index contributed by atoms with van der Waals surface area (Å²) >= 11 is 0. The zero-order valence-electron chi connectivity index (χ0n) is 7.71. The van der Waals surface area contributed by atoms with Crippen LogP contribution in [0.5, 0.6) is 0 Å². The molecule has 0 heterocycles. The highest BCUT2D eigenvalue weighted by Crippen LogP contribution is 1.99. The summed E-state index contributed by atoms with van der Waals surface area (Å²) in [4.78, 5) is 20.5. The van der Waals surface area contributed by atoms with E-state index in [1.165, 1.54) is 7.05 Å². The van der Waals surface area contributed by atoms with Gasteiger partial charge in [-0.25, -0.2) is 20.2 Å². The quantitative estimate of drug-likeness (QED) is 0.345. The minimum absolute atomic E-state index is 0.336. The van der Waals surface area contributed by atoms with Gasteiger partial charge in [0.1, 0.15) is 0 Å². The zero-order valence-corrected chi connectivity index (χ0v) is 7.71. The molecule has 0 aromatic heterocycles. The molecule has 13 heavy (non-hydrogen) atoms. The summed E-state index contributed by atoms with van der Waals surface area (Å²) in [7, 11) is 1.18. The molecule has 0 bridgehead atoms. The van der Waals surface area contributed by atoms with Gasteiger partial charge in [-0.2, -0.15) is 0 Å². The first-order valence-corrected chi connectivity index (χ1v) is 3.62. The van der Waals surface area contributed by atoms with Crippen LogP contribution >= 0.6 is 0 Å². The molecular weight excluding hydrogens is 180 g/mol. The van der Waals surface area contributed by atoms with E-state index in [0.29, 0.717) is 5.01 Å². The maximum Gasteiger partial charge on any atom is 0.207 e. The smallest absolute Gasteiger partial charge is 0.207 e. The van der Waals surface area contributed by atoms with E-state index < -0.39 is 10.1 Å². The Morgan fingerprint density at radius 2 is 1.69 bits per heavy atom. The first-order chi connectivity index (χ1) is 5.86. The zero-order chi connectivity index (χ0) is 10.6. The number of nitrogens with zero attached hydrogens (tertiary/aromatic N) is 4. The summed E-state index contributed by atoms with van der Waals surface area (Å²) in [5.74, 6) is 0. The third kappa shape index (κ3) is 3.54. The van der Waals surface area contributed by atoms with Crippen LogP contribution in [0.2, 0.25) is 0 Å². The number of hydrogen-bond acceptors (Lipinski definition) is 4. The highest BCUT2D eigenvalue weighted by Gasteiger charge is 2.24. The molecule has 0 aromatic carbocycles. The number of rotatable bonds is 5. The van der Waals surface area contributed by atoms with Crippen LogP contribution in [0.25, 0.3) is 0 Å². The molecule has 0 aliphatic rings. The Labute approximate surface area is 75.0 Å². The molecule has 76 valence electrons. The van der Waals surface area contributed by atoms with Crippen molar-refractivity contribution in [2.24, 2.45) is 0 Å². The molecular formula is C5H12N4O4. The van der Waals surface area contributed by atoms with E-state index >= 15 is 0 Å². The number of hydrazine groups is 2. The van der Waals surface area contributed by atoms with Gasteiger partial charge in [-0.05, 0) is 13.8 Å². The first kappa shape index (κ1) is 11.4. The van der Waals surface area contributed by atoms with Crippen molar-refractivity contribution >= 4 is 0 Å². The molecule has 0 aliphatic carbocycles. The molecule has 0 amide bonds. The van der Waals surface area contributed by atoms with Crippen molar-refractivity contribution in [2.45, 2.75) is 19.9 Å². The van der Waals surface area contributed by atoms with Gasteiger partial charge in [-0.3, -0.25) is 0 Å². The minimum Gasteiger partial charge on any atom is -0.235 e. The second kappa shape index (κ2) is 4.43. The Morgan fingerprint density at radius 3 is 1.92 bits per heavy atom. The van der Waals surface area contributed by atoms with E-state index in [1.54, 1.807) is 13.8 Å². The van der Waals surface area contributed by atoms with Crippen LogP contribution in [0.15, 0.2) is 0 Å². The molecule has 0 aliphatic heterocycles. The van der Waals surface area contributed by atoms with Gasteiger partial charge in [0.25, 0.3) is 0 Å². The Hall–Kier alpha value is -1.60. The first-order valence-electron chi connectivity index (χ1n) is 3.62. The Balaban J connectivity index is 4.27. The fourth-order valence-electron chi connectivity index (χ4n) is 0.665. The van der Waals surface area contributed by atoms with Gasteiger partial charge in [0.05, 0.1) is 13.1 Å². The van der Waals surface area contributed by atoms with Crippen LogP contribution in [0, 0.1) is 20.2 Å². The van der Waals surface area contributed by atoms with Crippen LogP contribution in [0.4, 0.5) is 0 Å². The molecule has 0 saturated heterocycles. The maximum atomic E-state index is 10.4. The van der Waals surface area contributed by atoms with Crippen LogP contribution in [-0.2, 0) is 0 Å². The highest BCUT2D eigenvalue weighted by molar-refractivity contribution is 4.47. The van der Waals surface area contributed by atoms with E-state index in [4.69, 9.17) is 0 Å². The Bertz CT molecular complexity index is 207. The fraction of sp³-hybridized carbons (Fsp3) is 1.00. The molecule has 0 N–H and O–H groups in total. The van der Waals surface area contributed by atoms with Crippen molar-refractivity contribution in [2.75, 3.05) is 13.7 Å². The summed E-state index contributed by atoms with van der Waals surface area (Å²) in [6.45, 7) is 2.85. The number of hydrogen-bond donors (Lipinski definition) is 0. The third-order valence-corrected chi connectivity index (χ3v) is 1.43. The predicted octanol–water partition coefficient (Wildman–Crippen LogP) is -0.0305. The second-order valence-corrected chi connectivity index (χ2v) is 2.81. The summed E-state index contributed by atoms with van der Waals surface area (Å²) < 4.78 is 0. The monoisotopic (exact) mass is 192 g/mol. The summed E-state index contributed by atoms with van der Waals surface area (Å²) in [5, 5.41) is 20.6. The molecule has 0 aromatic rings.